The smallest absolute Gasteiger partial charge is 0.245 e. The van der Waals surface area contributed by atoms with Gasteiger partial charge >= 0.3 is 0 Å². The fraction of sp³-hybridized carbons (Fsp3) is 0.125. The first kappa shape index (κ1) is 17.6. The molecule has 0 saturated carbocycles. The van der Waals surface area contributed by atoms with E-state index in [4.69, 9.17) is 34.8 Å². The first-order valence-electron chi connectivity index (χ1n) is 6.78. The number of carbonyl (C=O) groups excluding carboxylic acids is 1. The topological polar surface area (TPSA) is 55.3 Å². The summed E-state index contributed by atoms with van der Waals surface area (Å²) >= 11 is 17.8. The summed E-state index contributed by atoms with van der Waals surface area (Å²) < 4.78 is -1.72. The minimum atomic E-state index is -1.72. The number of nitrogens with one attached hydrogen (secondary N) is 3. The van der Waals surface area contributed by atoms with Crippen LogP contribution in [0.2, 0.25) is 0 Å². The largest absolute Gasteiger partial charge is 0.357 e. The molecule has 0 radical (unpaired) electrons. The van der Waals surface area contributed by atoms with Crippen molar-refractivity contribution in [3.8, 4) is 0 Å². The van der Waals surface area contributed by atoms with Gasteiger partial charge in [0.15, 0.2) is 12.4 Å². The summed E-state index contributed by atoms with van der Waals surface area (Å²) in [5, 5.41) is 5.58. The summed E-state index contributed by atoms with van der Waals surface area (Å²) in [7, 11) is 0. The van der Waals surface area contributed by atoms with Gasteiger partial charge in [0.05, 0.1) is 0 Å². The molecule has 0 saturated heterocycles. The third-order valence-corrected chi connectivity index (χ3v) is 3.51. The van der Waals surface area contributed by atoms with Crippen LogP contribution in [0.3, 0.4) is 0 Å². The number of rotatable bonds is 5. The molecule has 1 aromatic carbocycles. The van der Waals surface area contributed by atoms with E-state index in [-0.39, 0.29) is 5.91 Å². The molecule has 120 valence electrons. The second-order valence-corrected chi connectivity index (χ2v) is 7.03. The molecule has 0 bridgehead atoms. The fourth-order valence-electron chi connectivity index (χ4n) is 1.78. The number of H-pyrrole nitrogens is 1. The van der Waals surface area contributed by atoms with Gasteiger partial charge < -0.3 is 10.6 Å². The molecular weight excluding hydrogens is 357 g/mol. The maximum atomic E-state index is 12.0. The molecule has 2 aromatic rings. The van der Waals surface area contributed by atoms with Crippen LogP contribution in [0, 0.1) is 0 Å². The lowest BCUT2D eigenvalue weighted by molar-refractivity contribution is -0.377. The molecule has 0 aliphatic rings. The SMILES string of the molecule is O=C(C=Cc1ccccc1)NC(Nc1ccc[nH+]c1)C(Cl)(Cl)Cl. The van der Waals surface area contributed by atoms with Gasteiger partial charge in [-0.2, -0.15) is 0 Å². The number of pyridine rings is 1. The third kappa shape index (κ3) is 6.10. The number of aromatic amines is 1. The van der Waals surface area contributed by atoms with Gasteiger partial charge in [-0.05, 0) is 17.7 Å². The first-order valence-corrected chi connectivity index (χ1v) is 7.91. The van der Waals surface area contributed by atoms with E-state index >= 15 is 0 Å². The Bertz CT molecular complexity index is 657. The molecule has 4 nitrogen and oxygen atoms in total. The summed E-state index contributed by atoms with van der Waals surface area (Å²) in [5.41, 5.74) is 1.58. The highest BCUT2D eigenvalue weighted by atomic mass is 35.6. The Kier molecular flexibility index (Phi) is 6.28. The molecule has 1 aromatic heterocycles. The van der Waals surface area contributed by atoms with E-state index in [2.05, 4.69) is 15.6 Å². The Morgan fingerprint density at radius 1 is 1.13 bits per heavy atom. The number of halogens is 3. The zero-order valence-corrected chi connectivity index (χ0v) is 14.2. The Morgan fingerprint density at radius 3 is 2.48 bits per heavy atom. The van der Waals surface area contributed by atoms with Crippen molar-refractivity contribution in [2.45, 2.75) is 9.96 Å². The summed E-state index contributed by atoms with van der Waals surface area (Å²) in [5.74, 6) is -0.377. The number of carbonyl (C=O) groups is 1. The molecule has 1 heterocycles. The highest BCUT2D eigenvalue weighted by Crippen LogP contribution is 2.30. The molecule has 0 aliphatic carbocycles. The van der Waals surface area contributed by atoms with Crippen molar-refractivity contribution in [3.05, 3.63) is 66.5 Å². The zero-order chi connectivity index (χ0) is 16.7. The Balaban J connectivity index is 2.03. The van der Waals surface area contributed by atoms with Crippen LogP contribution in [0.5, 0.6) is 0 Å². The Morgan fingerprint density at radius 2 is 1.87 bits per heavy atom. The second-order valence-electron chi connectivity index (χ2n) is 4.66. The monoisotopic (exact) mass is 370 g/mol. The highest BCUT2D eigenvalue weighted by Gasteiger charge is 2.33. The maximum Gasteiger partial charge on any atom is 0.245 e. The third-order valence-electron chi connectivity index (χ3n) is 2.86. The number of hydrogen-bond acceptors (Lipinski definition) is 2. The highest BCUT2D eigenvalue weighted by molar-refractivity contribution is 6.68. The van der Waals surface area contributed by atoms with Gasteiger partial charge in [-0.25, -0.2) is 4.98 Å². The van der Waals surface area contributed by atoms with Gasteiger partial charge in [0.1, 0.15) is 11.9 Å². The predicted octanol–water partition coefficient (Wildman–Crippen LogP) is 3.44. The van der Waals surface area contributed by atoms with E-state index in [1.807, 2.05) is 30.3 Å². The lowest BCUT2D eigenvalue weighted by atomic mass is 10.2. The van der Waals surface area contributed by atoms with E-state index in [0.717, 1.165) is 5.56 Å². The molecule has 0 fully saturated rings. The van der Waals surface area contributed by atoms with Gasteiger partial charge in [-0.3, -0.25) is 4.79 Å². The number of aromatic nitrogens is 1. The summed E-state index contributed by atoms with van der Waals surface area (Å²) in [6.07, 6.45) is 5.61. The van der Waals surface area contributed by atoms with Gasteiger partial charge in [-0.15, -0.1) is 0 Å². The quantitative estimate of drug-likeness (QED) is 0.480. The minimum Gasteiger partial charge on any atom is -0.357 e. The van der Waals surface area contributed by atoms with Crippen molar-refractivity contribution in [1.82, 2.24) is 5.32 Å². The maximum absolute atomic E-state index is 12.0. The predicted molar refractivity (Wildman–Crippen MR) is 94.3 cm³/mol. The van der Waals surface area contributed by atoms with Crippen LogP contribution in [0.25, 0.3) is 6.08 Å². The van der Waals surface area contributed by atoms with Gasteiger partial charge in [0.2, 0.25) is 9.70 Å². The molecular formula is C16H15Cl3N3O+. The van der Waals surface area contributed by atoms with Crippen LogP contribution in [0.15, 0.2) is 60.9 Å². The number of benzene rings is 1. The second kappa shape index (κ2) is 8.20. The van der Waals surface area contributed by atoms with Crippen molar-refractivity contribution in [2.75, 3.05) is 5.32 Å². The van der Waals surface area contributed by atoms with E-state index in [1.165, 1.54) is 6.08 Å². The minimum absolute atomic E-state index is 0.377. The lowest BCUT2D eigenvalue weighted by Gasteiger charge is -2.26. The molecule has 23 heavy (non-hydrogen) atoms. The van der Waals surface area contributed by atoms with E-state index in [0.29, 0.717) is 5.69 Å². The van der Waals surface area contributed by atoms with Crippen LogP contribution < -0.4 is 15.6 Å². The average Bonchev–Trinajstić information content (AvgIpc) is 2.53. The normalized spacial score (nSPS) is 12.8. The van der Waals surface area contributed by atoms with Gasteiger partial charge in [-0.1, -0.05) is 65.1 Å². The summed E-state index contributed by atoms with van der Waals surface area (Å²) in [6.45, 7) is 0. The Hall–Kier alpha value is -1.75. The molecule has 0 aliphatic heterocycles. The molecule has 3 N–H and O–H groups in total. The van der Waals surface area contributed by atoms with Crippen LogP contribution in [-0.2, 0) is 4.79 Å². The molecule has 0 spiro atoms. The standard InChI is InChI=1S/C16H14Cl3N3O/c17-16(18,19)15(21-13-7-4-10-20-11-13)22-14(23)9-8-12-5-2-1-3-6-12/h1-11,15,21H,(H,22,23)/p+1. The Labute approximate surface area is 149 Å². The van der Waals surface area contributed by atoms with E-state index in [1.54, 1.807) is 30.6 Å². The molecule has 1 amide bonds. The summed E-state index contributed by atoms with van der Waals surface area (Å²) in [6, 6.07) is 13.0. The van der Waals surface area contributed by atoms with E-state index < -0.39 is 9.96 Å². The van der Waals surface area contributed by atoms with Crippen molar-refractivity contribution in [3.63, 3.8) is 0 Å². The molecule has 1 unspecified atom stereocenters. The molecule has 2 rings (SSSR count). The first-order chi connectivity index (χ1) is 10.9. The number of alkyl halides is 3. The van der Waals surface area contributed by atoms with Crippen LogP contribution in [0.4, 0.5) is 5.69 Å². The number of hydrogen-bond donors (Lipinski definition) is 2. The lowest BCUT2D eigenvalue weighted by Crippen LogP contribution is -2.48. The molecule has 7 heteroatoms. The van der Waals surface area contributed by atoms with Crippen LogP contribution in [0.1, 0.15) is 5.56 Å². The number of amides is 1. The number of anilines is 1. The van der Waals surface area contributed by atoms with Gasteiger partial charge in [0, 0.05) is 12.1 Å². The van der Waals surface area contributed by atoms with Crippen molar-refractivity contribution < 1.29 is 9.78 Å². The summed E-state index contributed by atoms with van der Waals surface area (Å²) in [4.78, 5) is 14.9. The van der Waals surface area contributed by atoms with Crippen LogP contribution in [-0.4, -0.2) is 15.9 Å². The van der Waals surface area contributed by atoms with Crippen molar-refractivity contribution in [2.24, 2.45) is 0 Å². The van der Waals surface area contributed by atoms with Crippen molar-refractivity contribution >= 4 is 52.5 Å². The van der Waals surface area contributed by atoms with Crippen LogP contribution >= 0.6 is 34.8 Å². The molecule has 1 atom stereocenters. The fourth-order valence-corrected chi connectivity index (χ4v) is 2.10. The van der Waals surface area contributed by atoms with Crippen molar-refractivity contribution in [1.29, 1.82) is 0 Å². The van der Waals surface area contributed by atoms with Gasteiger partial charge in [0.25, 0.3) is 0 Å². The van der Waals surface area contributed by atoms with E-state index in [9.17, 15) is 4.79 Å². The average molecular weight is 372 g/mol. The zero-order valence-electron chi connectivity index (χ0n) is 12.0.